The van der Waals surface area contributed by atoms with E-state index in [2.05, 4.69) is 36.6 Å². The van der Waals surface area contributed by atoms with Crippen LogP contribution in [0.2, 0.25) is 0 Å². The highest BCUT2D eigenvalue weighted by molar-refractivity contribution is 5.98. The Balaban J connectivity index is 1.71. The van der Waals surface area contributed by atoms with E-state index in [-0.39, 0.29) is 69.3 Å². The Morgan fingerprint density at radius 1 is 0.574 bits per heavy atom. The molecule has 4 rings (SSSR count). The second-order valence-corrected chi connectivity index (χ2v) is 13.1. The maximum Gasteiger partial charge on any atom is 0.243 e. The number of nitrogens with two attached hydrogens (primary N) is 4. The minimum absolute atomic E-state index is 0.0115. The Morgan fingerprint density at radius 2 is 1.02 bits per heavy atom. The van der Waals surface area contributed by atoms with Gasteiger partial charge in [0.1, 0.15) is 36.0 Å². The van der Waals surface area contributed by atoms with Crippen molar-refractivity contribution in [2.45, 2.75) is 75.7 Å². The molecular formula is C37H49N11O6. The van der Waals surface area contributed by atoms with Gasteiger partial charge in [-0.15, -0.1) is 0 Å². The summed E-state index contributed by atoms with van der Waals surface area (Å²) in [6.07, 6.45) is 0.742. The van der Waals surface area contributed by atoms with Gasteiger partial charge in [0.2, 0.25) is 29.5 Å². The number of hydrogen-bond donors (Lipinski definition) is 10. The highest BCUT2D eigenvalue weighted by atomic mass is 16.3. The summed E-state index contributed by atoms with van der Waals surface area (Å²) >= 11 is 0. The maximum absolute atomic E-state index is 14.0. The number of rotatable bonds is 12. The Labute approximate surface area is 312 Å². The van der Waals surface area contributed by atoms with Crippen LogP contribution in [-0.4, -0.2) is 89.9 Å². The number of nitrogens with zero attached hydrogens (tertiary/aromatic N) is 2. The second-order valence-electron chi connectivity index (χ2n) is 13.1. The normalized spacial score (nSPS) is 21.3. The first-order valence-corrected chi connectivity index (χ1v) is 17.7. The predicted molar refractivity (Wildman–Crippen MR) is 205 cm³/mol. The number of benzene rings is 3. The van der Waals surface area contributed by atoms with Crippen LogP contribution in [0, 0.1) is 0 Å². The zero-order chi connectivity index (χ0) is 39.2. The van der Waals surface area contributed by atoms with E-state index in [1.807, 2.05) is 42.5 Å². The Hall–Kier alpha value is -6.39. The summed E-state index contributed by atoms with van der Waals surface area (Å²) in [4.78, 5) is 77.2. The highest BCUT2D eigenvalue weighted by Gasteiger charge is 2.33. The lowest BCUT2D eigenvalue weighted by Gasteiger charge is -2.26. The molecule has 14 N–H and O–H groups in total. The first kappa shape index (κ1) is 40.4. The number of nitrogens with one attached hydrogen (secondary N) is 5. The lowest BCUT2D eigenvalue weighted by atomic mass is 10.00. The molecule has 0 unspecified atom stereocenters. The van der Waals surface area contributed by atoms with Crippen molar-refractivity contribution in [3.8, 4) is 5.75 Å². The van der Waals surface area contributed by atoms with Gasteiger partial charge in [-0.2, -0.15) is 0 Å². The highest BCUT2D eigenvalue weighted by Crippen LogP contribution is 2.18. The average Bonchev–Trinajstić information content (AvgIpc) is 3.13. The van der Waals surface area contributed by atoms with Crippen molar-refractivity contribution in [2.75, 3.05) is 13.1 Å². The lowest BCUT2D eigenvalue weighted by Crippen LogP contribution is -2.58. The molecule has 0 radical (unpaired) electrons. The van der Waals surface area contributed by atoms with Crippen molar-refractivity contribution in [3.05, 3.63) is 77.9 Å². The third-order valence-corrected chi connectivity index (χ3v) is 8.80. The molecule has 0 saturated carbocycles. The number of carbonyl (C=O) groups excluding carboxylic acids is 5. The van der Waals surface area contributed by atoms with Gasteiger partial charge >= 0.3 is 0 Å². The molecule has 0 aromatic heterocycles. The smallest absolute Gasteiger partial charge is 0.243 e. The van der Waals surface area contributed by atoms with Crippen LogP contribution in [0.25, 0.3) is 10.8 Å². The average molecular weight is 744 g/mol. The zero-order valence-corrected chi connectivity index (χ0v) is 30.1. The molecule has 5 amide bonds. The van der Waals surface area contributed by atoms with Crippen molar-refractivity contribution in [2.24, 2.45) is 32.9 Å². The van der Waals surface area contributed by atoms with Crippen molar-refractivity contribution in [1.82, 2.24) is 26.6 Å². The van der Waals surface area contributed by atoms with Crippen molar-refractivity contribution in [3.63, 3.8) is 0 Å². The predicted octanol–water partition coefficient (Wildman–Crippen LogP) is -1.10. The second kappa shape index (κ2) is 19.4. The van der Waals surface area contributed by atoms with E-state index >= 15 is 0 Å². The van der Waals surface area contributed by atoms with E-state index in [1.165, 1.54) is 19.1 Å². The molecule has 54 heavy (non-hydrogen) atoms. The number of phenols is 1. The van der Waals surface area contributed by atoms with Crippen LogP contribution in [-0.2, 0) is 36.8 Å². The molecule has 288 valence electrons. The van der Waals surface area contributed by atoms with E-state index < -0.39 is 59.7 Å². The van der Waals surface area contributed by atoms with Crippen LogP contribution in [0.4, 0.5) is 0 Å². The molecule has 0 spiro atoms. The molecule has 1 heterocycles. The van der Waals surface area contributed by atoms with E-state index in [1.54, 1.807) is 12.1 Å². The van der Waals surface area contributed by atoms with Gasteiger partial charge in [-0.1, -0.05) is 54.6 Å². The van der Waals surface area contributed by atoms with Crippen molar-refractivity contribution < 1.29 is 29.1 Å². The first-order valence-electron chi connectivity index (χ1n) is 17.7. The van der Waals surface area contributed by atoms with Crippen LogP contribution in [0.15, 0.2) is 76.7 Å². The zero-order valence-electron chi connectivity index (χ0n) is 30.1. The molecule has 0 aliphatic carbocycles. The van der Waals surface area contributed by atoms with E-state index in [9.17, 15) is 29.1 Å². The molecule has 17 nitrogen and oxygen atoms in total. The summed E-state index contributed by atoms with van der Waals surface area (Å²) in [7, 11) is 0. The Bertz CT molecular complexity index is 1860. The molecule has 3 aromatic carbocycles. The summed E-state index contributed by atoms with van der Waals surface area (Å²) in [5, 5.41) is 25.3. The number of fused-ring (bicyclic) bond motifs is 1. The number of guanidine groups is 2. The molecule has 0 bridgehead atoms. The summed E-state index contributed by atoms with van der Waals surface area (Å²) in [5.74, 6) is -3.67. The van der Waals surface area contributed by atoms with Crippen LogP contribution in [0.3, 0.4) is 0 Å². The third kappa shape index (κ3) is 12.4. The Kier molecular flexibility index (Phi) is 14.5. The topological polar surface area (TPSA) is 295 Å². The molecular weight excluding hydrogens is 694 g/mol. The quantitative estimate of drug-likeness (QED) is 0.0607. The van der Waals surface area contributed by atoms with Gasteiger partial charge in [-0.3, -0.25) is 34.0 Å². The number of aliphatic imine (C=N–C) groups is 2. The molecule has 3 aromatic rings. The summed E-state index contributed by atoms with van der Waals surface area (Å²) in [6, 6.07) is 13.6. The van der Waals surface area contributed by atoms with Crippen LogP contribution in [0.1, 0.15) is 43.7 Å². The number of carbonyl (C=O) groups is 5. The standard InChI is InChI=1S/C37H49N11O6/c1-21-31(50)47-30(20-23-10-13-24-6-2-3-7-25(24)18-23)35(54)46-27(8-4-16-42-36(38)39)32(51)45-28(9-5-17-43-37(40)41)33(52)48-29(34(53)44-21)19-22-11-14-26(49)15-12-22/h2-3,6-7,10-15,18,21,27-30,49H,4-5,8-9,16-17,19-20H2,1H3,(H,44,53)(H,45,51)(H,46,54)(H,47,50)(H,48,52)(H4,38,39,42)(H4,40,41,43)/t21-,27-,28+,29+,30-/m0/s1. The number of hydrogen-bond acceptors (Lipinski definition) is 8. The van der Waals surface area contributed by atoms with Gasteiger partial charge in [0.05, 0.1) is 0 Å². The minimum atomic E-state index is -1.21. The largest absolute Gasteiger partial charge is 0.508 e. The van der Waals surface area contributed by atoms with Crippen LogP contribution < -0.4 is 49.5 Å². The van der Waals surface area contributed by atoms with Gasteiger partial charge in [0, 0.05) is 25.9 Å². The van der Waals surface area contributed by atoms with Gasteiger partial charge < -0.3 is 54.6 Å². The van der Waals surface area contributed by atoms with Gasteiger partial charge in [-0.05, 0) is 66.6 Å². The van der Waals surface area contributed by atoms with Crippen LogP contribution in [0.5, 0.6) is 5.75 Å². The van der Waals surface area contributed by atoms with Gasteiger partial charge in [0.15, 0.2) is 11.9 Å². The lowest BCUT2D eigenvalue weighted by molar-refractivity contribution is -0.134. The van der Waals surface area contributed by atoms with Gasteiger partial charge in [-0.25, -0.2) is 0 Å². The fourth-order valence-electron chi connectivity index (χ4n) is 5.93. The molecule has 1 fully saturated rings. The summed E-state index contributed by atoms with van der Waals surface area (Å²) < 4.78 is 0. The molecule has 1 aliphatic heterocycles. The van der Waals surface area contributed by atoms with Gasteiger partial charge in [0.25, 0.3) is 0 Å². The van der Waals surface area contributed by atoms with Crippen molar-refractivity contribution in [1.29, 1.82) is 0 Å². The maximum atomic E-state index is 14.0. The van der Waals surface area contributed by atoms with Crippen LogP contribution >= 0.6 is 0 Å². The van der Waals surface area contributed by atoms with Crippen molar-refractivity contribution >= 4 is 52.2 Å². The minimum Gasteiger partial charge on any atom is -0.508 e. The summed E-state index contributed by atoms with van der Waals surface area (Å²) in [6.45, 7) is 1.77. The van der Waals surface area contributed by atoms with E-state index in [4.69, 9.17) is 22.9 Å². The fraction of sp³-hybridized carbons (Fsp3) is 0.378. The summed E-state index contributed by atoms with van der Waals surface area (Å²) in [5.41, 5.74) is 23.2. The Morgan fingerprint density at radius 3 is 1.57 bits per heavy atom. The molecule has 17 heteroatoms. The van der Waals surface area contributed by atoms with E-state index in [0.717, 1.165) is 16.3 Å². The van der Waals surface area contributed by atoms with E-state index in [0.29, 0.717) is 5.56 Å². The fourth-order valence-corrected chi connectivity index (χ4v) is 5.93. The number of aromatic hydroxyl groups is 1. The number of phenolic OH excluding ortho intramolecular Hbond substituents is 1. The molecule has 1 aliphatic rings. The SMILES string of the molecule is C[C@@H]1NC(=O)[C@@H](Cc2ccc(O)cc2)NC(=O)[C@@H](CCCN=C(N)N)NC(=O)[C@H](CCCN=C(N)N)NC(=O)[C@H](Cc2ccc3ccccc3c2)NC1=O. The molecule has 1 saturated heterocycles. The monoisotopic (exact) mass is 743 g/mol. The first-order chi connectivity index (χ1) is 25.8. The molecule has 5 atom stereocenters. The third-order valence-electron chi connectivity index (χ3n) is 8.80. The number of amides is 5.